The van der Waals surface area contributed by atoms with Crippen LogP contribution in [-0.2, 0) is 18.9 Å². The summed E-state index contributed by atoms with van der Waals surface area (Å²) in [6.45, 7) is 6.00. The molecule has 0 radical (unpaired) electrons. The molecule has 0 atom stereocenters. The van der Waals surface area contributed by atoms with Gasteiger partial charge in [0.1, 0.15) is 5.69 Å². The molecule has 1 saturated heterocycles. The van der Waals surface area contributed by atoms with Gasteiger partial charge in [0.15, 0.2) is 0 Å². The summed E-state index contributed by atoms with van der Waals surface area (Å²) in [6, 6.07) is 1.80. The molecular formula is C18H26N6O2. The lowest BCUT2D eigenvalue weighted by atomic mass is 10.1. The molecule has 140 valence electrons. The SMILES string of the molecule is Cc1nn(C)c(C)c1-c1cc(C(=O)NCCCN2CCCC2=O)n(C)n1. The molecule has 1 aliphatic rings. The Bertz CT molecular complexity index is 835. The molecule has 1 N–H and O–H groups in total. The molecule has 3 rings (SSSR count). The van der Waals surface area contributed by atoms with Gasteiger partial charge >= 0.3 is 0 Å². The highest BCUT2D eigenvalue weighted by Crippen LogP contribution is 2.25. The molecule has 3 heterocycles. The third kappa shape index (κ3) is 3.49. The van der Waals surface area contributed by atoms with E-state index in [0.29, 0.717) is 25.2 Å². The summed E-state index contributed by atoms with van der Waals surface area (Å²) in [4.78, 5) is 25.9. The molecule has 2 aromatic heterocycles. The lowest BCUT2D eigenvalue weighted by Crippen LogP contribution is -2.31. The topological polar surface area (TPSA) is 85.0 Å². The Morgan fingerprint density at radius 1 is 1.23 bits per heavy atom. The van der Waals surface area contributed by atoms with Gasteiger partial charge in [0.2, 0.25) is 5.91 Å². The van der Waals surface area contributed by atoms with Gasteiger partial charge in [-0.15, -0.1) is 0 Å². The van der Waals surface area contributed by atoms with Gasteiger partial charge in [0.05, 0.1) is 11.4 Å². The average molecular weight is 358 g/mol. The Morgan fingerprint density at radius 3 is 2.62 bits per heavy atom. The van der Waals surface area contributed by atoms with E-state index in [1.54, 1.807) is 17.8 Å². The number of aryl methyl sites for hydroxylation is 3. The molecule has 26 heavy (non-hydrogen) atoms. The molecular weight excluding hydrogens is 332 g/mol. The van der Waals surface area contributed by atoms with Crippen LogP contribution in [0.4, 0.5) is 0 Å². The zero-order valence-electron chi connectivity index (χ0n) is 15.9. The Morgan fingerprint density at radius 2 is 2.00 bits per heavy atom. The normalized spacial score (nSPS) is 14.3. The number of carbonyl (C=O) groups excluding carboxylic acids is 2. The van der Waals surface area contributed by atoms with E-state index in [-0.39, 0.29) is 11.8 Å². The van der Waals surface area contributed by atoms with E-state index in [2.05, 4.69) is 15.5 Å². The fraction of sp³-hybridized carbons (Fsp3) is 0.556. The van der Waals surface area contributed by atoms with Crippen LogP contribution in [-0.4, -0.2) is 55.9 Å². The van der Waals surface area contributed by atoms with Crippen LogP contribution in [0.15, 0.2) is 6.07 Å². The number of hydrogen-bond donors (Lipinski definition) is 1. The van der Waals surface area contributed by atoms with Crippen LogP contribution >= 0.6 is 0 Å². The summed E-state index contributed by atoms with van der Waals surface area (Å²) in [5.74, 6) is 0.0630. The maximum Gasteiger partial charge on any atom is 0.269 e. The lowest BCUT2D eigenvalue weighted by molar-refractivity contribution is -0.127. The first-order valence-corrected chi connectivity index (χ1v) is 8.99. The smallest absolute Gasteiger partial charge is 0.269 e. The minimum Gasteiger partial charge on any atom is -0.351 e. The van der Waals surface area contributed by atoms with Gasteiger partial charge < -0.3 is 10.2 Å². The molecule has 0 aromatic carbocycles. The Labute approximate surface area is 153 Å². The number of nitrogens with one attached hydrogen (secondary N) is 1. The van der Waals surface area contributed by atoms with E-state index in [4.69, 9.17) is 0 Å². The van der Waals surface area contributed by atoms with Gasteiger partial charge in [0.25, 0.3) is 5.91 Å². The maximum atomic E-state index is 12.5. The van der Waals surface area contributed by atoms with E-state index >= 15 is 0 Å². The summed E-state index contributed by atoms with van der Waals surface area (Å²) in [7, 11) is 3.66. The van der Waals surface area contributed by atoms with E-state index < -0.39 is 0 Å². The highest BCUT2D eigenvalue weighted by molar-refractivity contribution is 5.93. The van der Waals surface area contributed by atoms with E-state index in [1.807, 2.05) is 30.5 Å². The van der Waals surface area contributed by atoms with Crippen LogP contribution in [0.25, 0.3) is 11.3 Å². The zero-order valence-corrected chi connectivity index (χ0v) is 15.9. The van der Waals surface area contributed by atoms with Crippen molar-refractivity contribution in [1.82, 2.24) is 29.8 Å². The average Bonchev–Trinajstić information content (AvgIpc) is 3.23. The molecule has 8 heteroatoms. The largest absolute Gasteiger partial charge is 0.351 e. The second-order valence-corrected chi connectivity index (χ2v) is 6.80. The minimum atomic E-state index is -0.154. The Kier molecular flexibility index (Phi) is 5.11. The van der Waals surface area contributed by atoms with Crippen LogP contribution in [0.5, 0.6) is 0 Å². The van der Waals surface area contributed by atoms with Crippen LogP contribution < -0.4 is 5.32 Å². The fourth-order valence-corrected chi connectivity index (χ4v) is 3.45. The number of carbonyl (C=O) groups is 2. The predicted octanol–water partition coefficient (Wildman–Crippen LogP) is 1.18. The molecule has 0 saturated carbocycles. The summed E-state index contributed by atoms with van der Waals surface area (Å²) in [6.07, 6.45) is 2.34. The first-order valence-electron chi connectivity index (χ1n) is 8.99. The molecule has 0 unspecified atom stereocenters. The van der Waals surface area contributed by atoms with Gasteiger partial charge in [-0.05, 0) is 32.8 Å². The van der Waals surface area contributed by atoms with Gasteiger partial charge in [-0.2, -0.15) is 10.2 Å². The Balaban J connectivity index is 1.61. The zero-order chi connectivity index (χ0) is 18.8. The van der Waals surface area contributed by atoms with Crippen molar-refractivity contribution in [1.29, 1.82) is 0 Å². The highest BCUT2D eigenvalue weighted by atomic mass is 16.2. The highest BCUT2D eigenvalue weighted by Gasteiger charge is 2.20. The Hall–Kier alpha value is -2.64. The van der Waals surface area contributed by atoms with E-state index in [0.717, 1.165) is 42.0 Å². The van der Waals surface area contributed by atoms with Gasteiger partial charge in [0, 0.05) is 51.4 Å². The van der Waals surface area contributed by atoms with Gasteiger partial charge in [-0.25, -0.2) is 0 Å². The molecule has 2 amide bonds. The second kappa shape index (κ2) is 7.31. The minimum absolute atomic E-state index is 0.154. The van der Waals surface area contributed by atoms with Crippen molar-refractivity contribution < 1.29 is 9.59 Å². The molecule has 8 nitrogen and oxygen atoms in total. The second-order valence-electron chi connectivity index (χ2n) is 6.80. The first kappa shape index (κ1) is 18.2. The number of nitrogens with zero attached hydrogens (tertiary/aromatic N) is 5. The molecule has 1 aliphatic heterocycles. The van der Waals surface area contributed by atoms with Crippen LogP contribution in [0.3, 0.4) is 0 Å². The summed E-state index contributed by atoms with van der Waals surface area (Å²) < 4.78 is 3.42. The molecule has 0 aliphatic carbocycles. The van der Waals surface area contributed by atoms with Crippen molar-refractivity contribution in [3.05, 3.63) is 23.1 Å². The van der Waals surface area contributed by atoms with Crippen molar-refractivity contribution in [2.75, 3.05) is 19.6 Å². The van der Waals surface area contributed by atoms with Crippen molar-refractivity contribution in [2.24, 2.45) is 14.1 Å². The number of aromatic nitrogens is 4. The lowest BCUT2D eigenvalue weighted by Gasteiger charge is -2.15. The molecule has 1 fully saturated rings. The van der Waals surface area contributed by atoms with Crippen LogP contribution in [0.2, 0.25) is 0 Å². The molecule has 2 aromatic rings. The summed E-state index contributed by atoms with van der Waals surface area (Å²) >= 11 is 0. The van der Waals surface area contributed by atoms with Crippen LogP contribution in [0.1, 0.15) is 41.1 Å². The monoisotopic (exact) mass is 358 g/mol. The predicted molar refractivity (Wildman–Crippen MR) is 97.6 cm³/mol. The molecule has 0 spiro atoms. The maximum absolute atomic E-state index is 12.5. The number of likely N-dealkylation sites (tertiary alicyclic amines) is 1. The first-order chi connectivity index (χ1) is 12.4. The van der Waals surface area contributed by atoms with Gasteiger partial charge in [-0.3, -0.25) is 19.0 Å². The summed E-state index contributed by atoms with van der Waals surface area (Å²) in [5, 5.41) is 11.8. The van der Waals surface area contributed by atoms with Crippen molar-refractivity contribution in [3.63, 3.8) is 0 Å². The number of hydrogen-bond acceptors (Lipinski definition) is 4. The number of rotatable bonds is 6. The van der Waals surface area contributed by atoms with Crippen molar-refractivity contribution >= 4 is 11.8 Å². The van der Waals surface area contributed by atoms with Crippen LogP contribution in [0, 0.1) is 13.8 Å². The standard InChI is InChI=1S/C18H26N6O2/c1-12-17(13(2)22(3)20-12)14-11-15(23(4)21-14)18(26)19-8-6-10-24-9-5-7-16(24)25/h11H,5-10H2,1-4H3,(H,19,26). The van der Waals surface area contributed by atoms with Crippen molar-refractivity contribution in [3.8, 4) is 11.3 Å². The number of amides is 2. The quantitative estimate of drug-likeness (QED) is 0.786. The molecule has 0 bridgehead atoms. The third-order valence-corrected chi connectivity index (χ3v) is 4.94. The fourth-order valence-electron chi connectivity index (χ4n) is 3.45. The summed E-state index contributed by atoms with van der Waals surface area (Å²) in [5.41, 5.74) is 4.14. The van der Waals surface area contributed by atoms with Crippen molar-refractivity contribution in [2.45, 2.75) is 33.1 Å². The van der Waals surface area contributed by atoms with E-state index in [9.17, 15) is 9.59 Å². The third-order valence-electron chi connectivity index (χ3n) is 4.94. The van der Waals surface area contributed by atoms with E-state index in [1.165, 1.54) is 0 Å². The van der Waals surface area contributed by atoms with Gasteiger partial charge in [-0.1, -0.05) is 0 Å².